The Morgan fingerprint density at radius 1 is 1.26 bits per heavy atom. The van der Waals surface area contributed by atoms with E-state index in [9.17, 15) is 27.7 Å². The number of nitro benzene ring substituents is 1. The molecule has 0 bridgehead atoms. The van der Waals surface area contributed by atoms with E-state index >= 15 is 0 Å². The topological polar surface area (TPSA) is 159 Å². The fourth-order valence-electron chi connectivity index (χ4n) is 2.63. The Bertz CT molecular complexity index is 1260. The van der Waals surface area contributed by atoms with Gasteiger partial charge in [0.05, 0.1) is 21.2 Å². The van der Waals surface area contributed by atoms with Crippen LogP contribution in [-0.2, 0) is 14.8 Å². The first-order valence-corrected chi connectivity index (χ1v) is 10.2. The lowest BCUT2D eigenvalue weighted by atomic mass is 10.3. The molecule has 2 aromatic carbocycles. The average Bonchev–Trinajstić information content (AvgIpc) is 3.06. The highest BCUT2D eigenvalue weighted by Gasteiger charge is 2.21. The van der Waals surface area contributed by atoms with Crippen LogP contribution in [0, 0.1) is 22.9 Å². The van der Waals surface area contributed by atoms with Gasteiger partial charge in [0.2, 0.25) is 10.0 Å². The molecule has 0 saturated carbocycles. The minimum atomic E-state index is -4.15. The molecule has 0 fully saturated rings. The van der Waals surface area contributed by atoms with E-state index in [-0.39, 0.29) is 11.6 Å². The summed E-state index contributed by atoms with van der Waals surface area (Å²) in [5, 5.41) is 23.0. The minimum absolute atomic E-state index is 0.275. The molecule has 13 heteroatoms. The predicted octanol–water partition coefficient (Wildman–Crippen LogP) is 1.89. The third kappa shape index (κ3) is 5.21. The van der Waals surface area contributed by atoms with Crippen LogP contribution >= 0.6 is 0 Å². The van der Waals surface area contributed by atoms with Gasteiger partial charge in [-0.2, -0.15) is 5.10 Å². The lowest BCUT2D eigenvalue weighted by Gasteiger charge is -2.10. The molecule has 0 atom stereocenters. The molecule has 31 heavy (non-hydrogen) atoms. The number of aryl methyl sites for hydroxylation is 1. The molecular weight excluding hydrogens is 433 g/mol. The van der Waals surface area contributed by atoms with Gasteiger partial charge in [-0.1, -0.05) is 0 Å². The third-order valence-electron chi connectivity index (χ3n) is 3.98. The number of anilines is 1. The number of nitrogens with zero attached hydrogens (tertiary/aromatic N) is 3. The fourth-order valence-corrected chi connectivity index (χ4v) is 3.16. The summed E-state index contributed by atoms with van der Waals surface area (Å²) in [6, 6.07) is 9.83. The number of nitrogens with two attached hydrogens (primary N) is 1. The van der Waals surface area contributed by atoms with Crippen molar-refractivity contribution >= 4 is 27.4 Å². The Morgan fingerprint density at radius 3 is 2.55 bits per heavy atom. The first kappa shape index (κ1) is 21.9. The number of rotatable bonds is 7. The first-order valence-electron chi connectivity index (χ1n) is 8.61. The quantitative estimate of drug-likeness (QED) is 0.411. The van der Waals surface area contributed by atoms with Crippen LogP contribution in [0.2, 0.25) is 0 Å². The van der Waals surface area contributed by atoms with E-state index in [2.05, 4.69) is 10.4 Å². The lowest BCUT2D eigenvalue weighted by molar-refractivity contribution is -0.386. The molecule has 0 spiro atoms. The molecule has 0 radical (unpaired) electrons. The van der Waals surface area contributed by atoms with Crippen LogP contribution in [0.4, 0.5) is 15.9 Å². The standard InChI is InChI=1S/C18H16FN5O6S/c1-11-8-17(23(22-11)13-4-2-12(19)3-5-13)21-18(25)10-30-16-7-6-14(31(20,28)29)9-15(16)24(26)27/h2-9H,10H2,1H3,(H,21,25)(H2,20,28,29). The molecule has 3 N–H and O–H groups in total. The van der Waals surface area contributed by atoms with Crippen molar-refractivity contribution in [1.29, 1.82) is 0 Å². The number of aromatic nitrogens is 2. The highest BCUT2D eigenvalue weighted by Crippen LogP contribution is 2.29. The zero-order valence-electron chi connectivity index (χ0n) is 16.0. The zero-order valence-corrected chi connectivity index (χ0v) is 16.8. The number of ether oxygens (including phenoxy) is 1. The molecular formula is C18H16FN5O6S. The van der Waals surface area contributed by atoms with Crippen molar-refractivity contribution in [3.8, 4) is 11.4 Å². The Morgan fingerprint density at radius 2 is 1.94 bits per heavy atom. The molecule has 1 amide bonds. The van der Waals surface area contributed by atoms with Crippen molar-refractivity contribution < 1.29 is 27.3 Å². The van der Waals surface area contributed by atoms with Crippen LogP contribution < -0.4 is 15.2 Å². The van der Waals surface area contributed by atoms with Crippen molar-refractivity contribution in [1.82, 2.24) is 9.78 Å². The van der Waals surface area contributed by atoms with Crippen molar-refractivity contribution in [2.45, 2.75) is 11.8 Å². The van der Waals surface area contributed by atoms with Gasteiger partial charge in [-0.3, -0.25) is 14.9 Å². The molecule has 0 aliphatic rings. The summed E-state index contributed by atoms with van der Waals surface area (Å²) in [6.45, 7) is 1.09. The predicted molar refractivity (Wildman–Crippen MR) is 107 cm³/mol. The molecule has 162 valence electrons. The summed E-state index contributed by atoms with van der Waals surface area (Å²) < 4.78 is 42.5. The maximum atomic E-state index is 13.2. The average molecular weight is 449 g/mol. The lowest BCUT2D eigenvalue weighted by Crippen LogP contribution is -2.22. The smallest absolute Gasteiger partial charge is 0.312 e. The Labute approximate surface area is 175 Å². The fraction of sp³-hybridized carbons (Fsp3) is 0.111. The number of carbonyl (C=O) groups excluding carboxylic acids is 1. The van der Waals surface area contributed by atoms with Crippen LogP contribution in [0.25, 0.3) is 5.69 Å². The molecule has 0 aliphatic heterocycles. The number of amides is 1. The molecule has 0 saturated heterocycles. The molecule has 0 aliphatic carbocycles. The number of benzene rings is 2. The molecule has 0 unspecified atom stereocenters. The zero-order chi connectivity index (χ0) is 22.8. The Hall–Kier alpha value is -3.84. The number of carbonyl (C=O) groups is 1. The van der Waals surface area contributed by atoms with Gasteiger partial charge in [0, 0.05) is 12.1 Å². The van der Waals surface area contributed by atoms with E-state index in [4.69, 9.17) is 9.88 Å². The van der Waals surface area contributed by atoms with Crippen LogP contribution in [0.5, 0.6) is 5.75 Å². The minimum Gasteiger partial charge on any atom is -0.477 e. The maximum absolute atomic E-state index is 13.2. The van der Waals surface area contributed by atoms with Gasteiger partial charge < -0.3 is 10.1 Å². The molecule has 3 rings (SSSR count). The summed E-state index contributed by atoms with van der Waals surface area (Å²) in [5.41, 5.74) is 0.418. The number of nitro groups is 1. The van der Waals surface area contributed by atoms with E-state index in [0.717, 1.165) is 18.2 Å². The molecule has 1 heterocycles. The Kier molecular flexibility index (Phi) is 5.99. The van der Waals surface area contributed by atoms with Gasteiger partial charge in [0.15, 0.2) is 12.4 Å². The van der Waals surface area contributed by atoms with E-state index in [1.165, 1.54) is 28.9 Å². The second kappa shape index (κ2) is 8.49. The summed E-state index contributed by atoms with van der Waals surface area (Å²) in [7, 11) is -4.15. The van der Waals surface area contributed by atoms with Crippen LogP contribution in [0.15, 0.2) is 53.4 Å². The monoisotopic (exact) mass is 449 g/mol. The van der Waals surface area contributed by atoms with Crippen molar-refractivity contribution in [2.24, 2.45) is 5.14 Å². The largest absolute Gasteiger partial charge is 0.477 e. The SMILES string of the molecule is Cc1cc(NC(=O)COc2ccc(S(N)(=O)=O)cc2[N+](=O)[O-])n(-c2ccc(F)cc2)n1. The molecule has 3 aromatic rings. The van der Waals surface area contributed by atoms with Gasteiger partial charge in [0.1, 0.15) is 11.6 Å². The number of primary sulfonamides is 1. The number of sulfonamides is 1. The second-order valence-electron chi connectivity index (χ2n) is 6.33. The molecule has 11 nitrogen and oxygen atoms in total. The van der Waals surface area contributed by atoms with Gasteiger partial charge in [-0.15, -0.1) is 0 Å². The van der Waals surface area contributed by atoms with E-state index in [1.54, 1.807) is 13.0 Å². The van der Waals surface area contributed by atoms with Crippen molar-refractivity contribution in [3.63, 3.8) is 0 Å². The van der Waals surface area contributed by atoms with Crippen LogP contribution in [0.1, 0.15) is 5.69 Å². The summed E-state index contributed by atoms with van der Waals surface area (Å²) in [5.74, 6) is -1.12. The summed E-state index contributed by atoms with van der Waals surface area (Å²) in [4.78, 5) is 22.2. The molecule has 1 aromatic heterocycles. The number of hydrogen-bond donors (Lipinski definition) is 2. The summed E-state index contributed by atoms with van der Waals surface area (Å²) in [6.07, 6.45) is 0. The summed E-state index contributed by atoms with van der Waals surface area (Å²) >= 11 is 0. The first-order chi connectivity index (χ1) is 14.5. The van der Waals surface area contributed by atoms with Crippen molar-refractivity contribution in [3.05, 3.63) is 70.2 Å². The maximum Gasteiger partial charge on any atom is 0.312 e. The number of halogens is 1. The normalized spacial score (nSPS) is 11.2. The van der Waals surface area contributed by atoms with Crippen LogP contribution in [-0.4, -0.2) is 35.6 Å². The van der Waals surface area contributed by atoms with E-state index < -0.39 is 43.9 Å². The second-order valence-corrected chi connectivity index (χ2v) is 7.89. The van der Waals surface area contributed by atoms with Crippen molar-refractivity contribution in [2.75, 3.05) is 11.9 Å². The Balaban J connectivity index is 1.76. The number of nitrogens with one attached hydrogen (secondary N) is 1. The third-order valence-corrected chi connectivity index (χ3v) is 4.90. The van der Waals surface area contributed by atoms with Gasteiger partial charge in [0.25, 0.3) is 5.91 Å². The van der Waals surface area contributed by atoms with Gasteiger partial charge in [-0.05, 0) is 43.3 Å². The van der Waals surface area contributed by atoms with Gasteiger partial charge >= 0.3 is 5.69 Å². The highest BCUT2D eigenvalue weighted by atomic mass is 32.2. The number of hydrogen-bond acceptors (Lipinski definition) is 7. The van der Waals surface area contributed by atoms with Gasteiger partial charge in [-0.25, -0.2) is 22.6 Å². The van der Waals surface area contributed by atoms with E-state index in [1.807, 2.05) is 0 Å². The highest BCUT2D eigenvalue weighted by molar-refractivity contribution is 7.89. The van der Waals surface area contributed by atoms with E-state index in [0.29, 0.717) is 11.4 Å². The van der Waals surface area contributed by atoms with Crippen LogP contribution in [0.3, 0.4) is 0 Å².